The van der Waals surface area contributed by atoms with Crippen molar-refractivity contribution in [3.8, 4) is 5.75 Å². The van der Waals surface area contributed by atoms with E-state index < -0.39 is 6.04 Å². The SMILES string of the molecule is Cc1ccc2c(c1)CC(CN1CC(=O)NC(C)C1=O)O2. The molecule has 0 spiro atoms. The van der Waals surface area contributed by atoms with Crippen molar-refractivity contribution < 1.29 is 14.3 Å². The number of benzene rings is 1. The maximum absolute atomic E-state index is 12.0. The number of fused-ring (bicyclic) bond motifs is 1. The second-order valence-corrected chi connectivity index (χ2v) is 5.56. The lowest BCUT2D eigenvalue weighted by molar-refractivity contribution is -0.144. The molecule has 2 unspecified atom stereocenters. The van der Waals surface area contributed by atoms with Gasteiger partial charge in [-0.25, -0.2) is 0 Å². The number of amides is 2. The number of hydrogen-bond acceptors (Lipinski definition) is 3. The Morgan fingerprint density at radius 1 is 1.40 bits per heavy atom. The summed E-state index contributed by atoms with van der Waals surface area (Å²) in [7, 11) is 0. The van der Waals surface area contributed by atoms with Crippen LogP contribution in [-0.4, -0.2) is 41.9 Å². The van der Waals surface area contributed by atoms with Gasteiger partial charge in [-0.15, -0.1) is 0 Å². The number of carbonyl (C=O) groups excluding carboxylic acids is 2. The fourth-order valence-corrected chi connectivity index (χ4v) is 2.83. The Bertz CT molecular complexity index is 570. The molecule has 2 amide bonds. The minimum Gasteiger partial charge on any atom is -0.488 e. The first-order valence-corrected chi connectivity index (χ1v) is 6.87. The number of nitrogens with zero attached hydrogens (tertiary/aromatic N) is 1. The first-order valence-electron chi connectivity index (χ1n) is 6.87. The molecule has 0 bridgehead atoms. The fraction of sp³-hybridized carbons (Fsp3) is 0.467. The summed E-state index contributed by atoms with van der Waals surface area (Å²) >= 11 is 0. The summed E-state index contributed by atoms with van der Waals surface area (Å²) in [6, 6.07) is 5.66. The molecule has 0 aromatic heterocycles. The Kier molecular flexibility index (Phi) is 3.12. The highest BCUT2D eigenvalue weighted by Crippen LogP contribution is 2.29. The minimum atomic E-state index is -0.442. The number of rotatable bonds is 2. The molecule has 1 fully saturated rings. The van der Waals surface area contributed by atoms with Gasteiger partial charge < -0.3 is 15.0 Å². The summed E-state index contributed by atoms with van der Waals surface area (Å²) < 4.78 is 5.86. The zero-order chi connectivity index (χ0) is 14.3. The first kappa shape index (κ1) is 13.0. The van der Waals surface area contributed by atoms with Crippen molar-refractivity contribution in [3.05, 3.63) is 29.3 Å². The third-order valence-electron chi connectivity index (χ3n) is 3.78. The highest BCUT2D eigenvalue weighted by Gasteiger charge is 2.33. The molecular weight excluding hydrogens is 256 g/mol. The predicted octanol–water partition coefficient (Wildman–Crippen LogP) is 0.645. The summed E-state index contributed by atoms with van der Waals surface area (Å²) in [6.07, 6.45) is 0.727. The van der Waals surface area contributed by atoms with Crippen LogP contribution in [0.3, 0.4) is 0 Å². The molecule has 1 saturated heterocycles. The quantitative estimate of drug-likeness (QED) is 0.861. The molecule has 0 saturated carbocycles. The summed E-state index contributed by atoms with van der Waals surface area (Å²) in [5.74, 6) is 0.742. The van der Waals surface area contributed by atoms with Crippen LogP contribution < -0.4 is 10.1 Å². The Balaban J connectivity index is 1.68. The average Bonchev–Trinajstić information content (AvgIpc) is 2.76. The molecule has 0 aliphatic carbocycles. The van der Waals surface area contributed by atoms with Crippen LogP contribution in [0, 0.1) is 6.92 Å². The van der Waals surface area contributed by atoms with Crippen LogP contribution in [0.2, 0.25) is 0 Å². The van der Waals surface area contributed by atoms with Crippen LogP contribution in [0.4, 0.5) is 0 Å². The lowest BCUT2D eigenvalue weighted by Gasteiger charge is -2.32. The number of aryl methyl sites for hydroxylation is 1. The predicted molar refractivity (Wildman–Crippen MR) is 73.5 cm³/mol. The van der Waals surface area contributed by atoms with E-state index in [0.717, 1.165) is 12.2 Å². The van der Waals surface area contributed by atoms with Gasteiger partial charge in [-0.3, -0.25) is 9.59 Å². The summed E-state index contributed by atoms with van der Waals surface area (Å²) in [6.45, 7) is 4.34. The molecule has 2 aliphatic rings. The van der Waals surface area contributed by atoms with Crippen molar-refractivity contribution in [1.82, 2.24) is 10.2 Å². The monoisotopic (exact) mass is 274 g/mol. The molecule has 2 atom stereocenters. The normalized spacial score (nSPS) is 25.2. The molecular formula is C15H18N2O3. The van der Waals surface area contributed by atoms with Crippen LogP contribution in [0.15, 0.2) is 18.2 Å². The van der Waals surface area contributed by atoms with Gasteiger partial charge in [0.25, 0.3) is 0 Å². The van der Waals surface area contributed by atoms with Gasteiger partial charge in [-0.1, -0.05) is 17.7 Å². The highest BCUT2D eigenvalue weighted by atomic mass is 16.5. The zero-order valence-corrected chi connectivity index (χ0v) is 11.7. The van der Waals surface area contributed by atoms with Crippen LogP contribution in [-0.2, 0) is 16.0 Å². The summed E-state index contributed by atoms with van der Waals surface area (Å²) in [5, 5.41) is 2.64. The number of ether oxygens (including phenoxy) is 1. The van der Waals surface area contributed by atoms with Gasteiger partial charge >= 0.3 is 0 Å². The Labute approximate surface area is 117 Å². The largest absolute Gasteiger partial charge is 0.488 e. The molecule has 1 aromatic rings. The molecule has 20 heavy (non-hydrogen) atoms. The molecule has 0 radical (unpaired) electrons. The van der Waals surface area contributed by atoms with E-state index in [1.807, 2.05) is 19.1 Å². The van der Waals surface area contributed by atoms with Gasteiger partial charge in [0.2, 0.25) is 11.8 Å². The number of nitrogens with one attached hydrogen (secondary N) is 1. The summed E-state index contributed by atoms with van der Waals surface area (Å²) in [5.41, 5.74) is 2.38. The van der Waals surface area contributed by atoms with Gasteiger partial charge in [-0.2, -0.15) is 0 Å². The molecule has 1 aromatic carbocycles. The van der Waals surface area contributed by atoms with E-state index in [1.165, 1.54) is 11.1 Å². The second-order valence-electron chi connectivity index (χ2n) is 5.56. The molecule has 106 valence electrons. The molecule has 2 aliphatic heterocycles. The smallest absolute Gasteiger partial charge is 0.245 e. The van der Waals surface area contributed by atoms with Crippen LogP contribution >= 0.6 is 0 Å². The van der Waals surface area contributed by atoms with Crippen LogP contribution in [0.25, 0.3) is 0 Å². The minimum absolute atomic E-state index is 0.0414. The van der Waals surface area contributed by atoms with Gasteiger partial charge in [0.15, 0.2) is 0 Å². The third-order valence-corrected chi connectivity index (χ3v) is 3.78. The van der Waals surface area contributed by atoms with E-state index in [0.29, 0.717) is 6.54 Å². The molecule has 5 heteroatoms. The van der Waals surface area contributed by atoms with Crippen molar-refractivity contribution in [2.24, 2.45) is 0 Å². The maximum atomic E-state index is 12.0. The Hall–Kier alpha value is -2.04. The van der Waals surface area contributed by atoms with Gasteiger partial charge in [-0.05, 0) is 25.5 Å². The van der Waals surface area contributed by atoms with Crippen LogP contribution in [0.5, 0.6) is 5.75 Å². The average molecular weight is 274 g/mol. The number of piperazine rings is 1. The fourth-order valence-electron chi connectivity index (χ4n) is 2.83. The maximum Gasteiger partial charge on any atom is 0.245 e. The second kappa shape index (κ2) is 4.81. The van der Waals surface area contributed by atoms with E-state index in [9.17, 15) is 9.59 Å². The van der Waals surface area contributed by atoms with E-state index in [-0.39, 0.29) is 24.5 Å². The number of carbonyl (C=O) groups is 2. The highest BCUT2D eigenvalue weighted by molar-refractivity contribution is 5.94. The van der Waals surface area contributed by atoms with E-state index in [4.69, 9.17) is 4.74 Å². The third kappa shape index (κ3) is 2.35. The van der Waals surface area contributed by atoms with Gasteiger partial charge in [0, 0.05) is 6.42 Å². The molecule has 3 rings (SSSR count). The first-order chi connectivity index (χ1) is 9.52. The van der Waals surface area contributed by atoms with Crippen LogP contribution in [0.1, 0.15) is 18.1 Å². The van der Waals surface area contributed by atoms with Crippen molar-refractivity contribution in [1.29, 1.82) is 0 Å². The van der Waals surface area contributed by atoms with Gasteiger partial charge in [0.05, 0.1) is 13.1 Å². The topological polar surface area (TPSA) is 58.6 Å². The van der Waals surface area contributed by atoms with Gasteiger partial charge in [0.1, 0.15) is 17.9 Å². The zero-order valence-electron chi connectivity index (χ0n) is 11.7. The van der Waals surface area contributed by atoms with Crippen molar-refractivity contribution in [3.63, 3.8) is 0 Å². The van der Waals surface area contributed by atoms with E-state index in [1.54, 1.807) is 11.8 Å². The lowest BCUT2D eigenvalue weighted by Crippen LogP contribution is -2.58. The molecule has 2 heterocycles. The van der Waals surface area contributed by atoms with Crippen molar-refractivity contribution in [2.45, 2.75) is 32.4 Å². The Morgan fingerprint density at radius 3 is 3.00 bits per heavy atom. The molecule has 1 N–H and O–H groups in total. The standard InChI is InChI=1S/C15H18N2O3/c1-9-3-4-13-11(5-9)6-12(20-13)7-17-8-14(18)16-10(2)15(17)19/h3-5,10,12H,6-8H2,1-2H3,(H,16,18). The van der Waals surface area contributed by atoms with Crippen molar-refractivity contribution >= 4 is 11.8 Å². The summed E-state index contributed by atoms with van der Waals surface area (Å²) in [4.78, 5) is 25.2. The number of hydrogen-bond donors (Lipinski definition) is 1. The Morgan fingerprint density at radius 2 is 2.20 bits per heavy atom. The molecule has 5 nitrogen and oxygen atoms in total. The lowest BCUT2D eigenvalue weighted by atomic mass is 10.1. The van der Waals surface area contributed by atoms with Crippen molar-refractivity contribution in [2.75, 3.05) is 13.1 Å². The van der Waals surface area contributed by atoms with E-state index in [2.05, 4.69) is 11.4 Å². The van der Waals surface area contributed by atoms with E-state index >= 15 is 0 Å².